The minimum Gasteiger partial charge on any atom is -0.495 e. The molecule has 5 N–H and O–H groups in total. The van der Waals surface area contributed by atoms with Crippen molar-refractivity contribution in [1.82, 2.24) is 20.3 Å². The predicted octanol–water partition coefficient (Wildman–Crippen LogP) is 5.45. The van der Waals surface area contributed by atoms with Crippen molar-refractivity contribution >= 4 is 34.9 Å². The minimum atomic E-state index is -0.955. The summed E-state index contributed by atoms with van der Waals surface area (Å²) in [4.78, 5) is 37.1. The Bertz CT molecular complexity index is 1710. The van der Waals surface area contributed by atoms with Gasteiger partial charge in [-0.3, -0.25) is 10.1 Å². The number of rotatable bonds is 11. The van der Waals surface area contributed by atoms with Gasteiger partial charge in [-0.1, -0.05) is 66.7 Å². The van der Waals surface area contributed by atoms with Crippen LogP contribution in [0.15, 0.2) is 103 Å². The summed E-state index contributed by atoms with van der Waals surface area (Å²) < 4.78 is 5.30. The van der Waals surface area contributed by atoms with E-state index in [1.165, 1.54) is 13.4 Å². The maximum atomic E-state index is 12.8. The summed E-state index contributed by atoms with van der Waals surface area (Å²) in [6.45, 7) is 2.17. The summed E-state index contributed by atoms with van der Waals surface area (Å²) in [6.07, 6.45) is 6.05. The van der Waals surface area contributed by atoms with Crippen molar-refractivity contribution < 1.29 is 19.4 Å². The van der Waals surface area contributed by atoms with Gasteiger partial charge in [0, 0.05) is 23.4 Å². The SMILES string of the molecule is COc1ccccc1NC(=O)Nc1ncnc(C2=CC(C)(Nc3ccccc3-c3ccccc3)CC=C2CNCC(=O)O)n1. The number of anilines is 3. The van der Waals surface area contributed by atoms with Crippen LogP contribution in [0.1, 0.15) is 19.2 Å². The molecule has 1 aliphatic rings. The second-order valence-electron chi connectivity index (χ2n) is 10.4. The Balaban J connectivity index is 1.42. The number of carbonyl (C=O) groups excluding carboxylic acids is 1. The van der Waals surface area contributed by atoms with Gasteiger partial charge in [0.1, 0.15) is 12.1 Å². The first-order valence-electron chi connectivity index (χ1n) is 14.0. The lowest BCUT2D eigenvalue weighted by molar-refractivity contribution is -0.135. The predicted molar refractivity (Wildman–Crippen MR) is 171 cm³/mol. The van der Waals surface area contributed by atoms with E-state index in [1.807, 2.05) is 48.6 Å². The second kappa shape index (κ2) is 13.6. The lowest BCUT2D eigenvalue weighted by Gasteiger charge is -2.34. The number of carboxylic acids is 1. The fraction of sp³-hybridized carbons (Fsp3) is 0.182. The maximum absolute atomic E-state index is 12.8. The molecule has 0 saturated heterocycles. The molecular weight excluding hydrogens is 558 g/mol. The number of hydrogen-bond donors (Lipinski definition) is 5. The van der Waals surface area contributed by atoms with Crippen molar-refractivity contribution in [3.63, 3.8) is 0 Å². The summed E-state index contributed by atoms with van der Waals surface area (Å²) in [5, 5.41) is 21.2. The summed E-state index contributed by atoms with van der Waals surface area (Å²) in [7, 11) is 1.52. The normalized spacial score (nSPS) is 15.9. The topological polar surface area (TPSA) is 150 Å². The Labute approximate surface area is 255 Å². The van der Waals surface area contributed by atoms with Gasteiger partial charge in [0.05, 0.1) is 24.9 Å². The molecule has 224 valence electrons. The molecule has 0 aliphatic heterocycles. The molecule has 1 aliphatic carbocycles. The summed E-state index contributed by atoms with van der Waals surface area (Å²) >= 11 is 0. The number of carbonyl (C=O) groups is 2. The molecule has 5 rings (SSSR count). The van der Waals surface area contributed by atoms with E-state index in [0.717, 1.165) is 22.4 Å². The first-order chi connectivity index (χ1) is 21.3. The van der Waals surface area contributed by atoms with Crippen LogP contribution < -0.4 is 26.0 Å². The lowest BCUT2D eigenvalue weighted by Crippen LogP contribution is -2.35. The summed E-state index contributed by atoms with van der Waals surface area (Å²) in [5.74, 6) is -0.0601. The highest BCUT2D eigenvalue weighted by Crippen LogP contribution is 2.36. The van der Waals surface area contributed by atoms with Crippen LogP contribution in [-0.2, 0) is 4.79 Å². The molecule has 44 heavy (non-hydrogen) atoms. The number of para-hydroxylation sites is 3. The Morgan fingerprint density at radius 1 is 0.932 bits per heavy atom. The van der Waals surface area contributed by atoms with Crippen LogP contribution in [0.4, 0.5) is 22.1 Å². The van der Waals surface area contributed by atoms with E-state index in [-0.39, 0.29) is 19.0 Å². The van der Waals surface area contributed by atoms with E-state index < -0.39 is 17.5 Å². The lowest BCUT2D eigenvalue weighted by atomic mass is 9.84. The van der Waals surface area contributed by atoms with Crippen LogP contribution in [-0.4, -0.2) is 57.8 Å². The highest BCUT2D eigenvalue weighted by Gasteiger charge is 2.29. The highest BCUT2D eigenvalue weighted by atomic mass is 16.5. The maximum Gasteiger partial charge on any atom is 0.326 e. The van der Waals surface area contributed by atoms with E-state index in [2.05, 4.69) is 61.3 Å². The average molecular weight is 592 g/mol. The van der Waals surface area contributed by atoms with Crippen molar-refractivity contribution in [2.45, 2.75) is 18.9 Å². The standard InChI is InChI=1S/C33H33N7O4/c1-33(40-26-13-7-6-12-24(26)22-10-4-3-5-11-22)17-16-23(19-34-20-29(41)42)25(18-33)30-35-21-36-31(38-30)39-32(43)37-27-14-8-9-15-28(27)44-2/h3-16,18,21,34,40H,17,19-20H2,1-2H3,(H,41,42)(H2,35,36,37,38,39,43). The molecule has 0 bridgehead atoms. The van der Waals surface area contributed by atoms with Crippen LogP contribution in [0.25, 0.3) is 16.7 Å². The number of aliphatic carboxylic acids is 1. The fourth-order valence-electron chi connectivity index (χ4n) is 4.94. The molecule has 0 fully saturated rings. The van der Waals surface area contributed by atoms with Crippen LogP contribution >= 0.6 is 0 Å². The van der Waals surface area contributed by atoms with Crippen LogP contribution in [0.5, 0.6) is 5.75 Å². The third kappa shape index (κ3) is 7.44. The third-order valence-corrected chi connectivity index (χ3v) is 7.00. The van der Waals surface area contributed by atoms with Crippen molar-refractivity contribution in [1.29, 1.82) is 0 Å². The number of amides is 2. The molecule has 0 saturated carbocycles. The first-order valence-corrected chi connectivity index (χ1v) is 14.0. The van der Waals surface area contributed by atoms with E-state index in [1.54, 1.807) is 24.3 Å². The van der Waals surface area contributed by atoms with Gasteiger partial charge in [-0.15, -0.1) is 0 Å². The molecule has 2 amide bonds. The van der Waals surface area contributed by atoms with E-state index >= 15 is 0 Å². The van der Waals surface area contributed by atoms with Crippen molar-refractivity contribution in [3.05, 3.63) is 109 Å². The Morgan fingerprint density at radius 2 is 1.66 bits per heavy atom. The molecule has 1 heterocycles. The third-order valence-electron chi connectivity index (χ3n) is 7.00. The zero-order chi connectivity index (χ0) is 30.9. The van der Waals surface area contributed by atoms with E-state index in [4.69, 9.17) is 9.84 Å². The molecule has 0 radical (unpaired) electrons. The van der Waals surface area contributed by atoms with Crippen molar-refractivity contribution in [3.8, 4) is 16.9 Å². The number of nitrogens with zero attached hydrogens (tertiary/aromatic N) is 3. The van der Waals surface area contributed by atoms with E-state index in [0.29, 0.717) is 29.3 Å². The van der Waals surface area contributed by atoms with Crippen LogP contribution in [0.3, 0.4) is 0 Å². The number of urea groups is 1. The van der Waals surface area contributed by atoms with Crippen LogP contribution in [0, 0.1) is 0 Å². The number of benzene rings is 3. The molecule has 1 atom stereocenters. The van der Waals surface area contributed by atoms with Gasteiger partial charge < -0.3 is 25.8 Å². The molecule has 0 spiro atoms. The van der Waals surface area contributed by atoms with Gasteiger partial charge in [0.15, 0.2) is 5.82 Å². The molecule has 1 aromatic heterocycles. The zero-order valence-electron chi connectivity index (χ0n) is 24.4. The number of ether oxygens (including phenoxy) is 1. The average Bonchev–Trinajstić information content (AvgIpc) is 3.02. The van der Waals surface area contributed by atoms with E-state index in [9.17, 15) is 9.59 Å². The molecule has 3 aromatic carbocycles. The Hall–Kier alpha value is -5.55. The first kappa shape index (κ1) is 29.9. The minimum absolute atomic E-state index is 0.0517. The van der Waals surface area contributed by atoms with Crippen LogP contribution in [0.2, 0.25) is 0 Å². The van der Waals surface area contributed by atoms with Gasteiger partial charge >= 0.3 is 12.0 Å². The van der Waals surface area contributed by atoms with Crippen molar-refractivity contribution in [2.24, 2.45) is 0 Å². The number of aromatic nitrogens is 3. The number of methoxy groups -OCH3 is 1. The molecule has 11 heteroatoms. The smallest absolute Gasteiger partial charge is 0.326 e. The van der Waals surface area contributed by atoms with Crippen molar-refractivity contribution in [2.75, 3.05) is 36.1 Å². The summed E-state index contributed by atoms with van der Waals surface area (Å²) in [5.41, 5.74) is 4.59. The molecule has 1 unspecified atom stereocenters. The Morgan fingerprint density at radius 3 is 2.43 bits per heavy atom. The van der Waals surface area contributed by atoms with Gasteiger partial charge in [0.2, 0.25) is 5.95 Å². The molecular formula is C33H33N7O4. The number of carboxylic acid groups (broad SMARTS) is 1. The number of hydrogen-bond acceptors (Lipinski definition) is 8. The molecule has 4 aromatic rings. The van der Waals surface area contributed by atoms with Gasteiger partial charge in [0.25, 0.3) is 0 Å². The highest BCUT2D eigenvalue weighted by molar-refractivity contribution is 5.99. The Kier molecular flexibility index (Phi) is 9.26. The van der Waals surface area contributed by atoms with Gasteiger partial charge in [-0.2, -0.15) is 4.98 Å². The van der Waals surface area contributed by atoms with Gasteiger partial charge in [-0.05, 0) is 48.8 Å². The largest absolute Gasteiger partial charge is 0.495 e. The quantitative estimate of drug-likeness (QED) is 0.153. The molecule has 11 nitrogen and oxygen atoms in total. The van der Waals surface area contributed by atoms with Gasteiger partial charge in [-0.25, -0.2) is 14.8 Å². The summed E-state index contributed by atoms with van der Waals surface area (Å²) in [6, 6.07) is 24.7. The zero-order valence-corrected chi connectivity index (χ0v) is 24.4. The monoisotopic (exact) mass is 591 g/mol. The second-order valence-corrected chi connectivity index (χ2v) is 10.4. The fourth-order valence-corrected chi connectivity index (χ4v) is 4.94. The number of nitrogens with one attached hydrogen (secondary N) is 4.